The Hall–Kier alpha value is -2.87. The number of rotatable bonds is 1. The molecule has 1 radical (unpaired) electrons. The quantitative estimate of drug-likeness (QED) is 0.248. The van der Waals surface area contributed by atoms with E-state index in [1.807, 2.05) is 12.1 Å². The van der Waals surface area contributed by atoms with Gasteiger partial charge < -0.3 is 9.80 Å². The summed E-state index contributed by atoms with van der Waals surface area (Å²) in [6, 6.07) is 37.3. The van der Waals surface area contributed by atoms with E-state index in [-0.39, 0.29) is 20.1 Å². The van der Waals surface area contributed by atoms with E-state index < -0.39 is 0 Å². The molecule has 29 heavy (non-hydrogen) atoms. The van der Waals surface area contributed by atoms with Crippen molar-refractivity contribution in [2.75, 3.05) is 16.8 Å². The van der Waals surface area contributed by atoms with Crippen LogP contribution in [0.1, 0.15) is 0 Å². The van der Waals surface area contributed by atoms with E-state index in [2.05, 4.69) is 115 Å². The average Bonchev–Trinajstić information content (AvgIpc) is 2.81. The summed E-state index contributed by atoms with van der Waals surface area (Å²) in [5.41, 5.74) is 8.22. The van der Waals surface area contributed by atoms with Gasteiger partial charge in [-0.15, -0.1) is 5.69 Å². The Morgan fingerprint density at radius 2 is 1.14 bits per heavy atom. The molecule has 3 heteroatoms. The summed E-state index contributed by atoms with van der Waals surface area (Å²) < 4.78 is 0. The summed E-state index contributed by atoms with van der Waals surface area (Å²) in [4.78, 5) is 4.41. The Kier molecular flexibility index (Phi) is 5.53. The number of hydrogen-bond acceptors (Lipinski definition) is 2. The van der Waals surface area contributed by atoms with Crippen molar-refractivity contribution in [3.8, 4) is 22.3 Å². The van der Waals surface area contributed by atoms with Gasteiger partial charge in [0.05, 0.1) is 0 Å². The fourth-order valence-electron chi connectivity index (χ4n) is 3.90. The molecule has 145 valence electrons. The molecule has 0 unspecified atom stereocenters. The average molecular weight is 553 g/mol. The van der Waals surface area contributed by atoms with E-state index >= 15 is 0 Å². The van der Waals surface area contributed by atoms with E-state index in [0.717, 1.165) is 11.4 Å². The number of anilines is 3. The molecule has 1 aliphatic rings. The maximum atomic E-state index is 3.38. The maximum absolute atomic E-state index is 3.38. The van der Waals surface area contributed by atoms with Gasteiger partial charge >= 0.3 is 0 Å². The first-order chi connectivity index (χ1) is 13.8. The van der Waals surface area contributed by atoms with E-state index in [1.165, 1.54) is 27.9 Å². The monoisotopic (exact) mass is 553 g/mol. The molecule has 5 rings (SSSR count). The van der Waals surface area contributed by atoms with E-state index in [4.69, 9.17) is 0 Å². The molecule has 1 aliphatic heterocycles. The summed E-state index contributed by atoms with van der Waals surface area (Å²) >= 11 is 0. The maximum Gasteiger partial charge on any atom is 0.0193 e. The number of para-hydroxylation sites is 3. The first-order valence-electron chi connectivity index (χ1n) is 9.44. The van der Waals surface area contributed by atoms with Gasteiger partial charge in [-0.2, -0.15) is 37.0 Å². The van der Waals surface area contributed by atoms with Gasteiger partial charge in [0.15, 0.2) is 0 Å². The van der Waals surface area contributed by atoms with E-state index in [1.54, 1.807) is 0 Å². The van der Waals surface area contributed by atoms with Crippen molar-refractivity contribution in [3.05, 3.63) is 110 Å². The van der Waals surface area contributed by atoms with Gasteiger partial charge in [-0.05, 0) is 30.3 Å². The van der Waals surface area contributed by atoms with E-state index in [0.29, 0.717) is 0 Å². The first-order valence-corrected chi connectivity index (χ1v) is 9.44. The minimum absolute atomic E-state index is 0. The topological polar surface area (TPSA) is 6.48 Å². The molecule has 0 bridgehead atoms. The zero-order valence-electron chi connectivity index (χ0n) is 16.0. The second-order valence-electron chi connectivity index (χ2n) is 6.92. The van der Waals surface area contributed by atoms with Gasteiger partial charge in [-0.25, -0.2) is 0 Å². The van der Waals surface area contributed by atoms with Crippen LogP contribution in [0.4, 0.5) is 17.1 Å². The minimum atomic E-state index is 0. The Morgan fingerprint density at radius 3 is 1.76 bits per heavy atom. The number of fused-ring (bicyclic) bond motifs is 5. The predicted molar refractivity (Wildman–Crippen MR) is 117 cm³/mol. The largest absolute Gasteiger partial charge is 0.505 e. The van der Waals surface area contributed by atoms with Crippen LogP contribution in [0.3, 0.4) is 0 Å². The predicted octanol–water partition coefficient (Wildman–Crippen LogP) is 6.53. The summed E-state index contributed by atoms with van der Waals surface area (Å²) in [5.74, 6) is 0. The molecule has 4 aromatic carbocycles. The molecule has 0 saturated heterocycles. The van der Waals surface area contributed by atoms with Gasteiger partial charge in [0.1, 0.15) is 0 Å². The zero-order chi connectivity index (χ0) is 18.9. The molecule has 0 spiro atoms. The summed E-state index contributed by atoms with van der Waals surface area (Å²) in [5, 5.41) is 0. The fourth-order valence-corrected chi connectivity index (χ4v) is 3.90. The minimum Gasteiger partial charge on any atom is -0.505 e. The van der Waals surface area contributed by atoms with Crippen molar-refractivity contribution in [1.29, 1.82) is 0 Å². The van der Waals surface area contributed by atoms with Crippen LogP contribution >= 0.6 is 0 Å². The van der Waals surface area contributed by atoms with Crippen LogP contribution in [0.15, 0.2) is 97.1 Å². The van der Waals surface area contributed by atoms with Gasteiger partial charge in [0.2, 0.25) is 0 Å². The molecule has 1 heterocycles. The van der Waals surface area contributed by atoms with Crippen LogP contribution in [0.5, 0.6) is 0 Å². The third-order valence-corrected chi connectivity index (χ3v) is 5.20. The standard InChI is InChI=1S/C26H20N2.Ir/c1-27-19-28(20-11-3-2-4-12-20)26-18-10-8-16-24(26)22-14-6-5-13-21(22)23-15-7-9-17-25(23)27;/h2-11,13-19H,1H3;/q-2;. The van der Waals surface area contributed by atoms with Crippen LogP contribution < -0.4 is 9.80 Å². The molecule has 0 amide bonds. The van der Waals surface area contributed by atoms with Crippen molar-refractivity contribution in [2.24, 2.45) is 0 Å². The smallest absolute Gasteiger partial charge is 0.0193 e. The normalized spacial score (nSPS) is 12.4. The second-order valence-corrected chi connectivity index (χ2v) is 6.92. The van der Waals surface area contributed by atoms with Crippen molar-refractivity contribution in [1.82, 2.24) is 0 Å². The van der Waals surface area contributed by atoms with Crippen molar-refractivity contribution in [3.63, 3.8) is 0 Å². The SMILES string of the molecule is CN1[CH-]N(c2[c-]cccc2)c2ccccc2-c2ccccc2-c2ccccc21.[Ir]. The van der Waals surface area contributed by atoms with Gasteiger partial charge in [-0.1, -0.05) is 60.7 Å². The Balaban J connectivity index is 0.00000205. The van der Waals surface area contributed by atoms with Gasteiger partial charge in [0.25, 0.3) is 0 Å². The third kappa shape index (κ3) is 3.48. The summed E-state index contributed by atoms with van der Waals surface area (Å²) in [6.07, 6.45) is 0. The van der Waals surface area contributed by atoms with Crippen molar-refractivity contribution < 1.29 is 20.1 Å². The van der Waals surface area contributed by atoms with E-state index in [9.17, 15) is 0 Å². The summed E-state index contributed by atoms with van der Waals surface area (Å²) in [7, 11) is 2.10. The molecule has 4 aromatic rings. The Labute approximate surface area is 185 Å². The molecule has 2 nitrogen and oxygen atoms in total. The third-order valence-electron chi connectivity index (χ3n) is 5.20. The first kappa shape index (κ1) is 19.4. The zero-order valence-corrected chi connectivity index (χ0v) is 18.4. The molecular weight excluding hydrogens is 533 g/mol. The van der Waals surface area contributed by atoms with Gasteiger partial charge in [0, 0.05) is 42.6 Å². The number of benzene rings is 4. The van der Waals surface area contributed by atoms with Crippen LogP contribution in [0.2, 0.25) is 0 Å². The Morgan fingerprint density at radius 1 is 0.621 bits per heavy atom. The molecular formula is C26H20IrN2-2. The molecule has 0 atom stereocenters. The van der Waals surface area contributed by atoms with Crippen molar-refractivity contribution >= 4 is 17.1 Å². The molecule has 0 N–H and O–H groups in total. The molecule has 0 saturated carbocycles. The Bertz CT molecular complexity index is 1120. The molecule has 0 fully saturated rings. The van der Waals surface area contributed by atoms with Gasteiger partial charge in [-0.3, -0.25) is 0 Å². The molecule has 0 aromatic heterocycles. The number of nitrogens with zero attached hydrogens (tertiary/aromatic N) is 2. The molecule has 0 aliphatic carbocycles. The second kappa shape index (κ2) is 8.24. The van der Waals surface area contributed by atoms with Crippen LogP contribution in [-0.4, -0.2) is 7.05 Å². The fraction of sp³-hybridized carbons (Fsp3) is 0.0385. The van der Waals surface area contributed by atoms with Crippen LogP contribution in [0, 0.1) is 12.7 Å². The number of hydrogen-bond donors (Lipinski definition) is 0. The van der Waals surface area contributed by atoms with Crippen LogP contribution in [0.25, 0.3) is 22.3 Å². The van der Waals surface area contributed by atoms with Crippen LogP contribution in [-0.2, 0) is 20.1 Å². The summed E-state index contributed by atoms with van der Waals surface area (Å²) in [6.45, 7) is 2.15. The van der Waals surface area contributed by atoms with Crippen molar-refractivity contribution in [2.45, 2.75) is 0 Å².